The predicted octanol–water partition coefficient (Wildman–Crippen LogP) is 0.903. The fourth-order valence-electron chi connectivity index (χ4n) is 1.88. The summed E-state index contributed by atoms with van der Waals surface area (Å²) in [4.78, 5) is 22.8. The lowest BCUT2D eigenvalue weighted by molar-refractivity contribution is -0.123. The first kappa shape index (κ1) is 16.2. The van der Waals surface area contributed by atoms with Gasteiger partial charge in [-0.15, -0.1) is 0 Å². The number of hydrogen-bond acceptors (Lipinski definition) is 4. The van der Waals surface area contributed by atoms with Crippen molar-refractivity contribution in [1.82, 2.24) is 5.32 Å². The molecule has 0 spiro atoms. The number of phenols is 1. The number of aromatic hydroxyl groups is 1. The molecule has 0 bridgehead atoms. The molecule has 1 aromatic rings. The Bertz CT molecular complexity index is 443. The summed E-state index contributed by atoms with van der Waals surface area (Å²) in [6, 6.07) is 5.10. The van der Waals surface area contributed by atoms with E-state index in [4.69, 9.17) is 5.73 Å². The number of carbonyl (C=O) groups excluding carboxylic acids is 2. The molecule has 0 aromatic heterocycles. The Morgan fingerprint density at radius 1 is 1.35 bits per heavy atom. The highest BCUT2D eigenvalue weighted by Gasteiger charge is 2.19. The highest BCUT2D eigenvalue weighted by molar-refractivity contribution is 5.84. The number of phenolic OH excluding ortho intramolecular Hbond substituents is 1. The van der Waals surface area contributed by atoms with Crippen molar-refractivity contribution in [2.24, 2.45) is 11.7 Å². The Morgan fingerprint density at radius 2 is 1.95 bits per heavy atom. The van der Waals surface area contributed by atoms with Gasteiger partial charge in [-0.25, -0.2) is 0 Å². The molecule has 0 unspecified atom stereocenters. The smallest absolute Gasteiger partial charge is 0.237 e. The summed E-state index contributed by atoms with van der Waals surface area (Å²) in [5.41, 5.74) is 6.59. The van der Waals surface area contributed by atoms with Crippen molar-refractivity contribution in [3.63, 3.8) is 0 Å². The summed E-state index contributed by atoms with van der Waals surface area (Å²) in [5, 5.41) is 11.8. The van der Waals surface area contributed by atoms with Crippen LogP contribution in [0.2, 0.25) is 0 Å². The van der Waals surface area contributed by atoms with E-state index < -0.39 is 12.1 Å². The monoisotopic (exact) mass is 277 g/mol. The summed E-state index contributed by atoms with van der Waals surface area (Å²) >= 11 is 0. The van der Waals surface area contributed by atoms with E-state index in [1.807, 2.05) is 13.8 Å². The summed E-state index contributed by atoms with van der Waals surface area (Å²) in [5.74, 6) is 0.126. The second kappa shape index (κ2) is 7.65. The predicted molar refractivity (Wildman–Crippen MR) is 76.9 cm³/mol. The standard InChI is InChI=1S/C15H21N2O3/c1-10(2)7-14(16)15(20)17-12(9-18)8-11-3-5-13(19)6-4-11/h3-6,10,12,14,19H,7-8,16H2,1-2H3,(H,17,20)/t12-,14-/m0/s1. The minimum Gasteiger partial charge on any atom is -0.508 e. The van der Waals surface area contributed by atoms with Crippen molar-refractivity contribution in [2.75, 3.05) is 0 Å². The zero-order valence-electron chi connectivity index (χ0n) is 11.8. The Kier molecular flexibility index (Phi) is 6.18. The van der Waals surface area contributed by atoms with Gasteiger partial charge in [0.1, 0.15) is 5.75 Å². The van der Waals surface area contributed by atoms with Crippen LogP contribution in [0.4, 0.5) is 0 Å². The van der Waals surface area contributed by atoms with Gasteiger partial charge in [0.05, 0.1) is 12.1 Å². The van der Waals surface area contributed by atoms with E-state index >= 15 is 0 Å². The molecule has 0 aliphatic rings. The van der Waals surface area contributed by atoms with Gasteiger partial charge < -0.3 is 16.2 Å². The number of amides is 1. The summed E-state index contributed by atoms with van der Waals surface area (Å²) < 4.78 is 0. The summed E-state index contributed by atoms with van der Waals surface area (Å²) in [6.45, 7) is 3.96. The molecule has 1 amide bonds. The molecule has 1 rings (SSSR count). The summed E-state index contributed by atoms with van der Waals surface area (Å²) in [7, 11) is 0. The highest BCUT2D eigenvalue weighted by atomic mass is 16.3. The maximum absolute atomic E-state index is 11.8. The van der Waals surface area contributed by atoms with Crippen LogP contribution in [0, 0.1) is 5.92 Å². The molecule has 0 saturated heterocycles. The van der Waals surface area contributed by atoms with Gasteiger partial charge in [0.2, 0.25) is 12.2 Å². The van der Waals surface area contributed by atoms with Crippen LogP contribution in [0.25, 0.3) is 0 Å². The Labute approximate surface area is 119 Å². The fourth-order valence-corrected chi connectivity index (χ4v) is 1.88. The second-order valence-electron chi connectivity index (χ2n) is 5.29. The van der Waals surface area contributed by atoms with Gasteiger partial charge in [0.15, 0.2) is 0 Å². The molecule has 20 heavy (non-hydrogen) atoms. The van der Waals surface area contributed by atoms with Crippen LogP contribution in [0.1, 0.15) is 25.8 Å². The van der Waals surface area contributed by atoms with E-state index in [0.29, 0.717) is 18.8 Å². The SMILES string of the molecule is CC(C)C[C@H](N)C(=O)N[C@H]([C]=O)Cc1ccc(O)cc1. The summed E-state index contributed by atoms with van der Waals surface area (Å²) in [6.07, 6.45) is 2.69. The molecule has 5 nitrogen and oxygen atoms in total. The molecule has 5 heteroatoms. The maximum atomic E-state index is 11.8. The van der Waals surface area contributed by atoms with Crippen LogP contribution in [-0.2, 0) is 16.0 Å². The fraction of sp³-hybridized carbons (Fsp3) is 0.467. The van der Waals surface area contributed by atoms with Crippen LogP contribution in [0.15, 0.2) is 24.3 Å². The van der Waals surface area contributed by atoms with E-state index in [9.17, 15) is 14.7 Å². The largest absolute Gasteiger partial charge is 0.508 e. The molecule has 109 valence electrons. The van der Waals surface area contributed by atoms with Gasteiger partial charge in [-0.3, -0.25) is 9.59 Å². The van der Waals surface area contributed by atoms with Crippen molar-refractivity contribution >= 4 is 12.2 Å². The molecular weight excluding hydrogens is 256 g/mol. The van der Waals surface area contributed by atoms with Crippen molar-refractivity contribution in [3.05, 3.63) is 29.8 Å². The molecule has 0 aliphatic heterocycles. The third-order valence-corrected chi connectivity index (χ3v) is 2.90. The highest BCUT2D eigenvalue weighted by Crippen LogP contribution is 2.11. The average Bonchev–Trinajstić information content (AvgIpc) is 2.39. The lowest BCUT2D eigenvalue weighted by Crippen LogP contribution is -2.47. The van der Waals surface area contributed by atoms with Crippen molar-refractivity contribution in [2.45, 2.75) is 38.8 Å². The maximum Gasteiger partial charge on any atom is 0.237 e. The molecule has 2 atom stereocenters. The van der Waals surface area contributed by atoms with Gasteiger partial charge in [0, 0.05) is 6.42 Å². The first-order valence-electron chi connectivity index (χ1n) is 6.64. The van der Waals surface area contributed by atoms with Gasteiger partial charge in [-0.1, -0.05) is 26.0 Å². The Balaban J connectivity index is 2.56. The molecule has 1 radical (unpaired) electrons. The lowest BCUT2D eigenvalue weighted by atomic mass is 10.0. The molecular formula is C15H21N2O3. The first-order chi connectivity index (χ1) is 9.42. The van der Waals surface area contributed by atoms with Crippen LogP contribution >= 0.6 is 0 Å². The first-order valence-corrected chi connectivity index (χ1v) is 6.64. The van der Waals surface area contributed by atoms with Crippen molar-refractivity contribution < 1.29 is 14.7 Å². The van der Waals surface area contributed by atoms with E-state index in [0.717, 1.165) is 5.56 Å². The lowest BCUT2D eigenvalue weighted by Gasteiger charge is -2.17. The average molecular weight is 277 g/mol. The molecule has 0 fully saturated rings. The zero-order chi connectivity index (χ0) is 15.1. The minimum atomic E-state index is -0.731. The van der Waals surface area contributed by atoms with Gasteiger partial charge >= 0.3 is 0 Å². The van der Waals surface area contributed by atoms with Crippen LogP contribution in [0.3, 0.4) is 0 Å². The van der Waals surface area contributed by atoms with Crippen LogP contribution < -0.4 is 11.1 Å². The second-order valence-corrected chi connectivity index (χ2v) is 5.29. The third-order valence-electron chi connectivity index (χ3n) is 2.90. The van der Waals surface area contributed by atoms with E-state index in [-0.39, 0.29) is 11.7 Å². The van der Waals surface area contributed by atoms with E-state index in [2.05, 4.69) is 5.32 Å². The number of hydrogen-bond donors (Lipinski definition) is 3. The number of rotatable bonds is 7. The minimum absolute atomic E-state index is 0.156. The number of benzene rings is 1. The van der Waals surface area contributed by atoms with Crippen LogP contribution in [-0.4, -0.2) is 29.4 Å². The molecule has 1 aromatic carbocycles. The van der Waals surface area contributed by atoms with Gasteiger partial charge in [0.25, 0.3) is 0 Å². The van der Waals surface area contributed by atoms with Crippen LogP contribution in [0.5, 0.6) is 5.75 Å². The van der Waals surface area contributed by atoms with Crippen molar-refractivity contribution in [1.29, 1.82) is 0 Å². The number of carbonyl (C=O) groups is 1. The molecule has 0 aliphatic carbocycles. The molecule has 4 N–H and O–H groups in total. The normalized spacial score (nSPS) is 13.8. The molecule has 0 saturated carbocycles. The quantitative estimate of drug-likeness (QED) is 0.690. The van der Waals surface area contributed by atoms with E-state index in [1.165, 1.54) is 12.1 Å². The van der Waals surface area contributed by atoms with Gasteiger partial charge in [-0.05, 0) is 30.0 Å². The van der Waals surface area contributed by atoms with Gasteiger partial charge in [-0.2, -0.15) is 0 Å². The zero-order valence-corrected chi connectivity index (χ0v) is 11.8. The molecule has 0 heterocycles. The number of nitrogens with one attached hydrogen (secondary N) is 1. The third kappa shape index (κ3) is 5.40. The topological polar surface area (TPSA) is 92.4 Å². The Hall–Kier alpha value is -1.88. The van der Waals surface area contributed by atoms with E-state index in [1.54, 1.807) is 18.4 Å². The Morgan fingerprint density at radius 3 is 2.45 bits per heavy atom. The number of nitrogens with two attached hydrogens (primary N) is 1. The van der Waals surface area contributed by atoms with Crippen molar-refractivity contribution in [3.8, 4) is 5.75 Å².